The molecule has 138 valence electrons. The van der Waals surface area contributed by atoms with Crippen molar-refractivity contribution in [1.29, 1.82) is 0 Å². The van der Waals surface area contributed by atoms with Gasteiger partial charge in [0.25, 0.3) is 0 Å². The lowest BCUT2D eigenvalue weighted by Crippen LogP contribution is -2.15. The Morgan fingerprint density at radius 1 is 0.963 bits per heavy atom. The summed E-state index contributed by atoms with van der Waals surface area (Å²) in [4.78, 5) is 9.44. The van der Waals surface area contributed by atoms with Gasteiger partial charge in [0, 0.05) is 17.8 Å². The van der Waals surface area contributed by atoms with Crippen LogP contribution in [0.5, 0.6) is 17.4 Å². The molecule has 2 aromatic carbocycles. The Balaban J connectivity index is 1.47. The van der Waals surface area contributed by atoms with Crippen LogP contribution < -0.4 is 15.2 Å². The summed E-state index contributed by atoms with van der Waals surface area (Å²) in [6.45, 7) is 2.66. The Bertz CT molecular complexity index is 881. The van der Waals surface area contributed by atoms with Gasteiger partial charge in [-0.25, -0.2) is 4.98 Å². The van der Waals surface area contributed by atoms with Crippen molar-refractivity contribution in [3.8, 4) is 17.4 Å². The van der Waals surface area contributed by atoms with E-state index in [4.69, 9.17) is 20.0 Å². The molecule has 27 heavy (non-hydrogen) atoms. The van der Waals surface area contributed by atoms with E-state index in [1.165, 1.54) is 0 Å². The fourth-order valence-corrected chi connectivity index (χ4v) is 2.28. The molecule has 0 aliphatic carbocycles. The highest BCUT2D eigenvalue weighted by Gasteiger charge is 2.03. The van der Waals surface area contributed by atoms with E-state index in [1.807, 2.05) is 61.5 Å². The van der Waals surface area contributed by atoms with Gasteiger partial charge < -0.3 is 20.0 Å². The number of nitrogens with two attached hydrogens (primary N) is 1. The number of nitrogens with zero attached hydrogens (tertiary/aromatic N) is 2. The van der Waals surface area contributed by atoms with Crippen LogP contribution in [0.1, 0.15) is 11.1 Å². The number of para-hydroxylation sites is 2. The molecule has 0 saturated heterocycles. The van der Waals surface area contributed by atoms with Gasteiger partial charge in [-0.2, -0.15) is 0 Å². The van der Waals surface area contributed by atoms with Gasteiger partial charge in [-0.1, -0.05) is 41.6 Å². The normalized spacial score (nSPS) is 11.1. The predicted octanol–water partition coefficient (Wildman–Crippen LogP) is 3.90. The molecule has 6 heteroatoms. The summed E-state index contributed by atoms with van der Waals surface area (Å²) >= 11 is 0. The van der Waals surface area contributed by atoms with Gasteiger partial charge in [-0.15, -0.1) is 0 Å². The predicted molar refractivity (Wildman–Crippen MR) is 104 cm³/mol. The largest absolute Gasteiger partial charge is 0.490 e. The molecule has 0 atom stereocenters. The molecular formula is C21H21N3O3. The molecule has 0 aliphatic rings. The van der Waals surface area contributed by atoms with Crippen molar-refractivity contribution < 1.29 is 14.3 Å². The Kier molecular flexibility index (Phi) is 6.25. The third kappa shape index (κ3) is 5.47. The van der Waals surface area contributed by atoms with Crippen LogP contribution in [0.3, 0.4) is 0 Å². The Morgan fingerprint density at radius 2 is 1.74 bits per heavy atom. The summed E-state index contributed by atoms with van der Waals surface area (Å²) in [6.07, 6.45) is 1.59. The van der Waals surface area contributed by atoms with E-state index in [2.05, 4.69) is 10.1 Å². The molecule has 1 aromatic heterocycles. The zero-order valence-corrected chi connectivity index (χ0v) is 15.0. The maximum Gasteiger partial charge on any atom is 0.219 e. The quantitative estimate of drug-likeness (QED) is 0.284. The molecule has 2 N–H and O–H groups in total. The average Bonchev–Trinajstić information content (AvgIpc) is 2.70. The smallest absolute Gasteiger partial charge is 0.219 e. The minimum Gasteiger partial charge on any atom is -0.490 e. The van der Waals surface area contributed by atoms with Crippen molar-refractivity contribution in [2.75, 3.05) is 13.2 Å². The van der Waals surface area contributed by atoms with Gasteiger partial charge in [0.05, 0.1) is 0 Å². The Labute approximate surface area is 158 Å². The summed E-state index contributed by atoms with van der Waals surface area (Å²) in [5, 5.41) is 3.90. The molecule has 0 unspecified atom stereocenters. The van der Waals surface area contributed by atoms with Crippen LogP contribution in [0.15, 0.2) is 78.1 Å². The fourth-order valence-electron chi connectivity index (χ4n) is 2.28. The molecule has 0 amide bonds. The van der Waals surface area contributed by atoms with Gasteiger partial charge in [-0.05, 0) is 36.8 Å². The van der Waals surface area contributed by atoms with Crippen molar-refractivity contribution in [2.24, 2.45) is 10.9 Å². The topological polar surface area (TPSA) is 79.0 Å². The number of pyridine rings is 1. The van der Waals surface area contributed by atoms with Crippen LogP contribution in [0, 0.1) is 6.92 Å². The van der Waals surface area contributed by atoms with Crippen molar-refractivity contribution >= 4 is 5.84 Å². The van der Waals surface area contributed by atoms with Crippen LogP contribution in [0.4, 0.5) is 0 Å². The summed E-state index contributed by atoms with van der Waals surface area (Å²) in [5.41, 5.74) is 7.64. The molecule has 6 nitrogen and oxygen atoms in total. The van der Waals surface area contributed by atoms with E-state index < -0.39 is 0 Å². The summed E-state index contributed by atoms with van der Waals surface area (Å²) < 4.78 is 11.3. The van der Waals surface area contributed by atoms with Gasteiger partial charge in [0.15, 0.2) is 12.4 Å². The lowest BCUT2D eigenvalue weighted by molar-refractivity contribution is 0.107. The third-order valence-corrected chi connectivity index (χ3v) is 3.69. The zero-order chi connectivity index (χ0) is 18.9. The number of benzene rings is 2. The second-order valence-corrected chi connectivity index (χ2v) is 5.72. The average molecular weight is 363 g/mol. The second-order valence-electron chi connectivity index (χ2n) is 5.72. The number of amidine groups is 1. The van der Waals surface area contributed by atoms with Crippen LogP contribution in [0.2, 0.25) is 0 Å². The van der Waals surface area contributed by atoms with Gasteiger partial charge in [0.1, 0.15) is 18.1 Å². The maximum atomic E-state index is 5.92. The number of hydrogen-bond acceptors (Lipinski definition) is 5. The first-order valence-corrected chi connectivity index (χ1v) is 8.55. The highest BCUT2D eigenvalue weighted by atomic mass is 16.6. The zero-order valence-electron chi connectivity index (χ0n) is 15.0. The number of oxime groups is 1. The fraction of sp³-hybridized carbons (Fsp3) is 0.143. The van der Waals surface area contributed by atoms with Gasteiger partial charge in [-0.3, -0.25) is 0 Å². The van der Waals surface area contributed by atoms with E-state index in [0.717, 1.165) is 17.1 Å². The first-order chi connectivity index (χ1) is 13.2. The van der Waals surface area contributed by atoms with Gasteiger partial charge >= 0.3 is 0 Å². The van der Waals surface area contributed by atoms with E-state index in [0.29, 0.717) is 18.1 Å². The molecule has 0 saturated carbocycles. The number of aromatic nitrogens is 1. The summed E-state index contributed by atoms with van der Waals surface area (Å²) in [6, 6.07) is 20.7. The van der Waals surface area contributed by atoms with E-state index in [-0.39, 0.29) is 12.4 Å². The second kappa shape index (κ2) is 9.24. The maximum absolute atomic E-state index is 5.92. The standard InChI is InChI=1S/C21H21N3O3/c1-16-7-5-6-10-19(16)25-13-14-26-24-21(22)17-11-12-20(23-15-17)27-18-8-3-2-4-9-18/h2-12,15H,13-14H2,1H3,(H2,22,24). The Morgan fingerprint density at radius 3 is 2.48 bits per heavy atom. The first-order valence-electron chi connectivity index (χ1n) is 8.55. The molecular weight excluding hydrogens is 342 g/mol. The van der Waals surface area contributed by atoms with Crippen LogP contribution in [-0.4, -0.2) is 24.0 Å². The number of rotatable bonds is 8. The van der Waals surface area contributed by atoms with E-state index in [9.17, 15) is 0 Å². The van der Waals surface area contributed by atoms with Crippen molar-refractivity contribution in [3.63, 3.8) is 0 Å². The number of ether oxygens (including phenoxy) is 2. The molecule has 0 radical (unpaired) electrons. The summed E-state index contributed by atoms with van der Waals surface area (Å²) in [5.74, 6) is 2.27. The number of hydrogen-bond donors (Lipinski definition) is 1. The minimum atomic E-state index is 0.240. The summed E-state index contributed by atoms with van der Waals surface area (Å²) in [7, 11) is 0. The van der Waals surface area contributed by atoms with Crippen LogP contribution in [-0.2, 0) is 4.84 Å². The monoisotopic (exact) mass is 363 g/mol. The highest BCUT2D eigenvalue weighted by Crippen LogP contribution is 2.18. The van der Waals surface area contributed by atoms with Gasteiger partial charge in [0.2, 0.25) is 5.88 Å². The highest BCUT2D eigenvalue weighted by molar-refractivity contribution is 5.96. The molecule has 3 rings (SSSR count). The van der Waals surface area contributed by atoms with Crippen molar-refractivity contribution in [1.82, 2.24) is 4.98 Å². The van der Waals surface area contributed by atoms with E-state index >= 15 is 0 Å². The molecule has 1 heterocycles. The molecule has 0 aliphatic heterocycles. The molecule has 0 fully saturated rings. The lowest BCUT2D eigenvalue weighted by atomic mass is 10.2. The van der Waals surface area contributed by atoms with Crippen molar-refractivity contribution in [3.05, 3.63) is 84.1 Å². The van der Waals surface area contributed by atoms with Crippen LogP contribution in [0.25, 0.3) is 0 Å². The SMILES string of the molecule is Cc1ccccc1OCCON=C(N)c1ccc(Oc2ccccc2)nc1. The lowest BCUT2D eigenvalue weighted by Gasteiger charge is -2.08. The minimum absolute atomic E-state index is 0.240. The number of aryl methyl sites for hydroxylation is 1. The van der Waals surface area contributed by atoms with Crippen LogP contribution >= 0.6 is 0 Å². The van der Waals surface area contributed by atoms with Crippen molar-refractivity contribution in [2.45, 2.75) is 6.92 Å². The molecule has 0 spiro atoms. The Hall–Kier alpha value is -3.54. The molecule has 3 aromatic rings. The molecule has 0 bridgehead atoms. The first kappa shape index (κ1) is 18.3. The van der Waals surface area contributed by atoms with E-state index in [1.54, 1.807) is 18.3 Å². The third-order valence-electron chi connectivity index (χ3n) is 3.69.